The zero-order valence-electron chi connectivity index (χ0n) is 5.38. The summed E-state index contributed by atoms with van der Waals surface area (Å²) in [6.45, 7) is -0.723. The molecule has 8 heteroatoms. The molecule has 11 heavy (non-hydrogen) atoms. The van der Waals surface area contributed by atoms with E-state index in [0.717, 1.165) is 0 Å². The maximum absolute atomic E-state index is 10.4. The van der Waals surface area contributed by atoms with Gasteiger partial charge in [-0.1, -0.05) is 0 Å². The fourth-order valence-corrected chi connectivity index (χ4v) is 0.629. The van der Waals surface area contributed by atoms with Crippen LogP contribution in [-0.2, 0) is 13.9 Å². The minimum Gasteiger partial charge on any atom is -0.394 e. The van der Waals surface area contributed by atoms with E-state index in [0.29, 0.717) is 0 Å². The molecule has 0 rings (SSSR count). The summed E-state index contributed by atoms with van der Waals surface area (Å²) < 4.78 is 13.5. The minimum atomic E-state index is -4.83. The smallest absolute Gasteiger partial charge is 0.394 e. The molecule has 1 atom stereocenters. The van der Waals surface area contributed by atoms with Crippen molar-refractivity contribution in [3.63, 3.8) is 0 Å². The van der Waals surface area contributed by atoms with Crippen molar-refractivity contribution in [1.29, 1.82) is 0 Å². The van der Waals surface area contributed by atoms with Crippen LogP contribution in [-0.4, -0.2) is 33.5 Å². The number of hydrogen-bond acceptors (Lipinski definition) is 5. The molecule has 66 valence electrons. The van der Waals surface area contributed by atoms with E-state index in [-0.39, 0.29) is 0 Å². The number of aliphatic hydroxyl groups excluding tert-OH is 1. The monoisotopic (exact) mass is 185 g/mol. The van der Waals surface area contributed by atoms with E-state index >= 15 is 0 Å². The zero-order valence-corrected chi connectivity index (χ0v) is 6.27. The lowest BCUT2D eigenvalue weighted by Gasteiger charge is -2.08. The van der Waals surface area contributed by atoms with Gasteiger partial charge in [0, 0.05) is 0 Å². The Labute approximate surface area is 62.0 Å². The van der Waals surface area contributed by atoms with Crippen molar-refractivity contribution < 1.29 is 28.8 Å². The molecule has 7 nitrogen and oxygen atoms in total. The van der Waals surface area contributed by atoms with Crippen LogP contribution in [0.3, 0.4) is 0 Å². The Hall–Kier alpha value is -0.460. The molecule has 0 saturated carbocycles. The fourth-order valence-electron chi connectivity index (χ4n) is 0.259. The normalized spacial score (nSPS) is 14.2. The lowest BCUT2D eigenvalue weighted by atomic mass is 10.3. The molecule has 0 fully saturated rings. The van der Waals surface area contributed by atoms with Crippen LogP contribution in [0.2, 0.25) is 0 Å². The quantitative estimate of drug-likeness (QED) is 0.372. The number of aliphatic hydroxyl groups is 1. The Morgan fingerprint density at radius 3 is 2.36 bits per heavy atom. The van der Waals surface area contributed by atoms with E-state index in [1.807, 2.05) is 0 Å². The lowest BCUT2D eigenvalue weighted by molar-refractivity contribution is -0.138. The molecule has 0 aliphatic rings. The van der Waals surface area contributed by atoms with Crippen LogP contribution in [0.5, 0.6) is 0 Å². The molecular formula is C3H8NO6P. The van der Waals surface area contributed by atoms with Gasteiger partial charge in [0.2, 0.25) is 0 Å². The van der Waals surface area contributed by atoms with Crippen LogP contribution in [0, 0.1) is 0 Å². The Kier molecular flexibility index (Phi) is 3.64. The Balaban J connectivity index is 3.99. The van der Waals surface area contributed by atoms with E-state index in [1.54, 1.807) is 0 Å². The fraction of sp³-hybridized carbons (Fsp3) is 0.667. The van der Waals surface area contributed by atoms with Gasteiger partial charge in [-0.2, -0.15) is 0 Å². The Morgan fingerprint density at radius 1 is 1.64 bits per heavy atom. The average Bonchev–Trinajstić information content (AvgIpc) is 1.82. The number of hydrogen-bond donors (Lipinski definition) is 4. The molecule has 0 aliphatic heterocycles. The molecule has 5 N–H and O–H groups in total. The van der Waals surface area contributed by atoms with Gasteiger partial charge < -0.3 is 15.4 Å². The van der Waals surface area contributed by atoms with Gasteiger partial charge in [0.25, 0.3) is 0 Å². The highest BCUT2D eigenvalue weighted by molar-refractivity contribution is 7.46. The molecule has 0 aromatic rings. The second-order valence-corrected chi connectivity index (χ2v) is 2.85. The SMILES string of the molecule is N[C@@H](CO)C(=O)OP(=O)(O)O. The first-order chi connectivity index (χ1) is 4.87. The summed E-state index contributed by atoms with van der Waals surface area (Å²) in [5.41, 5.74) is 4.86. The first-order valence-electron chi connectivity index (χ1n) is 2.52. The molecule has 0 radical (unpaired) electrons. The van der Waals surface area contributed by atoms with E-state index in [4.69, 9.17) is 20.6 Å². The highest BCUT2D eigenvalue weighted by atomic mass is 31.2. The summed E-state index contributed by atoms with van der Waals surface area (Å²) in [4.78, 5) is 26.5. The van der Waals surface area contributed by atoms with Crippen molar-refractivity contribution in [1.82, 2.24) is 0 Å². The summed E-state index contributed by atoms with van der Waals surface area (Å²) in [6, 6.07) is -1.41. The van der Waals surface area contributed by atoms with Gasteiger partial charge in [0.05, 0.1) is 6.61 Å². The van der Waals surface area contributed by atoms with E-state index < -0.39 is 26.4 Å². The molecule has 0 aromatic heterocycles. The van der Waals surface area contributed by atoms with Crippen LogP contribution in [0.25, 0.3) is 0 Å². The molecule has 0 saturated heterocycles. The van der Waals surface area contributed by atoms with Crippen molar-refractivity contribution in [2.24, 2.45) is 5.73 Å². The van der Waals surface area contributed by atoms with Gasteiger partial charge in [0.15, 0.2) is 0 Å². The summed E-state index contributed by atoms with van der Waals surface area (Å²) in [5.74, 6) is -1.33. The Bertz CT molecular complexity index is 186. The van der Waals surface area contributed by atoms with Crippen LogP contribution < -0.4 is 5.73 Å². The van der Waals surface area contributed by atoms with Gasteiger partial charge in [-0.05, 0) is 0 Å². The van der Waals surface area contributed by atoms with Gasteiger partial charge >= 0.3 is 13.8 Å². The summed E-state index contributed by atoms with van der Waals surface area (Å²) in [7, 11) is -4.83. The maximum Gasteiger partial charge on any atom is 0.527 e. The van der Waals surface area contributed by atoms with Crippen molar-refractivity contribution in [2.45, 2.75) is 6.04 Å². The highest BCUT2D eigenvalue weighted by Gasteiger charge is 2.24. The predicted molar refractivity (Wildman–Crippen MR) is 33.2 cm³/mol. The largest absolute Gasteiger partial charge is 0.527 e. The Morgan fingerprint density at radius 2 is 2.09 bits per heavy atom. The summed E-state index contributed by atoms with van der Waals surface area (Å²) in [6.07, 6.45) is 0. The molecular weight excluding hydrogens is 177 g/mol. The van der Waals surface area contributed by atoms with Crippen molar-refractivity contribution in [3.05, 3.63) is 0 Å². The van der Waals surface area contributed by atoms with E-state index in [1.165, 1.54) is 0 Å². The number of phosphoric ester groups is 1. The number of carbonyl (C=O) groups excluding carboxylic acids is 1. The van der Waals surface area contributed by atoms with Gasteiger partial charge in [-0.25, -0.2) is 9.36 Å². The standard InChI is InChI=1S/C3H8NO6P/c4-2(1-5)3(6)10-11(7,8)9/h2,5H,1,4H2,(H2,7,8,9)/t2-/m0/s1. The number of carbonyl (C=O) groups is 1. The second kappa shape index (κ2) is 3.80. The topological polar surface area (TPSA) is 130 Å². The zero-order chi connectivity index (χ0) is 9.07. The lowest BCUT2D eigenvalue weighted by Crippen LogP contribution is -2.34. The number of phosphoric acid groups is 1. The first-order valence-corrected chi connectivity index (χ1v) is 4.05. The van der Waals surface area contributed by atoms with Crippen LogP contribution in [0.15, 0.2) is 0 Å². The van der Waals surface area contributed by atoms with E-state index in [2.05, 4.69) is 4.52 Å². The van der Waals surface area contributed by atoms with Crippen molar-refractivity contribution in [3.8, 4) is 0 Å². The van der Waals surface area contributed by atoms with Gasteiger partial charge in [-0.3, -0.25) is 9.79 Å². The molecule has 0 spiro atoms. The van der Waals surface area contributed by atoms with E-state index in [9.17, 15) is 9.36 Å². The number of nitrogens with two attached hydrogens (primary N) is 1. The van der Waals surface area contributed by atoms with Crippen molar-refractivity contribution >= 4 is 13.8 Å². The summed E-state index contributed by atoms with van der Waals surface area (Å²) >= 11 is 0. The van der Waals surface area contributed by atoms with Gasteiger partial charge in [-0.15, -0.1) is 0 Å². The third kappa shape index (κ3) is 4.88. The molecule has 0 aliphatic carbocycles. The molecule has 0 heterocycles. The minimum absolute atomic E-state index is 0.723. The van der Waals surface area contributed by atoms with Crippen LogP contribution in [0.1, 0.15) is 0 Å². The van der Waals surface area contributed by atoms with Crippen LogP contribution >= 0.6 is 7.82 Å². The average molecular weight is 185 g/mol. The number of rotatable bonds is 3. The third-order valence-corrected chi connectivity index (χ3v) is 1.13. The molecule has 0 amide bonds. The van der Waals surface area contributed by atoms with Crippen LogP contribution in [0.4, 0.5) is 0 Å². The first kappa shape index (κ1) is 10.5. The maximum atomic E-state index is 10.4. The molecule has 0 unspecified atom stereocenters. The molecule has 0 aromatic carbocycles. The highest BCUT2D eigenvalue weighted by Crippen LogP contribution is 2.35. The third-order valence-electron chi connectivity index (χ3n) is 0.708. The predicted octanol–water partition coefficient (Wildman–Crippen LogP) is -2.06. The molecule has 0 bridgehead atoms. The second-order valence-electron chi connectivity index (χ2n) is 1.69. The van der Waals surface area contributed by atoms with Gasteiger partial charge in [0.1, 0.15) is 6.04 Å². The van der Waals surface area contributed by atoms with Crippen molar-refractivity contribution in [2.75, 3.05) is 6.61 Å². The summed E-state index contributed by atoms with van der Waals surface area (Å²) in [5, 5.41) is 8.22.